The van der Waals surface area contributed by atoms with Crippen molar-refractivity contribution in [3.63, 3.8) is 0 Å². The van der Waals surface area contributed by atoms with Gasteiger partial charge in [-0.05, 0) is 11.5 Å². The van der Waals surface area contributed by atoms with Crippen LogP contribution in [0.3, 0.4) is 0 Å². The maximum Gasteiger partial charge on any atom is 0.250 e. The molecular weight excluding hydrogens is 152 g/mol. The van der Waals surface area contributed by atoms with Crippen LogP contribution in [0.4, 0.5) is 5.69 Å². The second kappa shape index (κ2) is 3.01. The molecule has 0 aliphatic rings. The molecule has 0 spiro atoms. The first-order valence-corrected chi connectivity index (χ1v) is 3.98. The van der Waals surface area contributed by atoms with Crippen molar-refractivity contribution >= 4 is 5.69 Å². The van der Waals surface area contributed by atoms with Gasteiger partial charge in [0.1, 0.15) is 0 Å². The van der Waals surface area contributed by atoms with E-state index in [1.54, 1.807) is 19.3 Å². The molecule has 0 atom stereocenters. The lowest BCUT2D eigenvalue weighted by atomic mass is 10.0. The van der Waals surface area contributed by atoms with Crippen LogP contribution < -0.4 is 11.3 Å². The van der Waals surface area contributed by atoms with E-state index in [0.29, 0.717) is 11.6 Å². The maximum atomic E-state index is 11.2. The van der Waals surface area contributed by atoms with Gasteiger partial charge >= 0.3 is 0 Å². The SMILES string of the molecule is CC(C)c1cc(=O)n(C)cc1N. The van der Waals surface area contributed by atoms with E-state index in [-0.39, 0.29) is 5.56 Å². The molecule has 0 bridgehead atoms. The van der Waals surface area contributed by atoms with E-state index in [4.69, 9.17) is 5.73 Å². The summed E-state index contributed by atoms with van der Waals surface area (Å²) in [6.07, 6.45) is 1.66. The molecule has 0 aliphatic heterocycles. The number of nitrogen functional groups attached to an aromatic ring is 1. The van der Waals surface area contributed by atoms with Crippen molar-refractivity contribution in [3.05, 3.63) is 28.2 Å². The molecule has 0 saturated carbocycles. The molecule has 0 amide bonds. The van der Waals surface area contributed by atoms with E-state index < -0.39 is 0 Å². The highest BCUT2D eigenvalue weighted by atomic mass is 16.1. The van der Waals surface area contributed by atoms with Gasteiger partial charge in [0.05, 0.1) is 5.69 Å². The summed E-state index contributed by atoms with van der Waals surface area (Å²) in [5.74, 6) is 0.305. The fourth-order valence-corrected chi connectivity index (χ4v) is 1.16. The van der Waals surface area contributed by atoms with Gasteiger partial charge in [0.25, 0.3) is 5.56 Å². The Balaban J connectivity index is 3.33. The fraction of sp³-hybridized carbons (Fsp3) is 0.444. The van der Waals surface area contributed by atoms with Crippen molar-refractivity contribution < 1.29 is 0 Å². The Morgan fingerprint density at radius 3 is 2.58 bits per heavy atom. The third kappa shape index (κ3) is 1.49. The lowest BCUT2D eigenvalue weighted by Crippen LogP contribution is -2.17. The number of nitrogens with zero attached hydrogens (tertiary/aromatic N) is 1. The summed E-state index contributed by atoms with van der Waals surface area (Å²) in [7, 11) is 1.70. The van der Waals surface area contributed by atoms with E-state index in [1.165, 1.54) is 4.57 Å². The highest BCUT2D eigenvalue weighted by Gasteiger charge is 2.05. The molecule has 0 aliphatic carbocycles. The molecule has 66 valence electrons. The van der Waals surface area contributed by atoms with E-state index in [9.17, 15) is 4.79 Å². The Labute approximate surface area is 71.8 Å². The van der Waals surface area contributed by atoms with E-state index in [2.05, 4.69) is 0 Å². The minimum absolute atomic E-state index is 0.00657. The van der Waals surface area contributed by atoms with Crippen LogP contribution >= 0.6 is 0 Å². The molecule has 0 aromatic carbocycles. The fourth-order valence-electron chi connectivity index (χ4n) is 1.16. The normalized spacial score (nSPS) is 10.7. The number of hydrogen-bond acceptors (Lipinski definition) is 2. The summed E-state index contributed by atoms with van der Waals surface area (Å²) >= 11 is 0. The first kappa shape index (κ1) is 8.84. The van der Waals surface area contributed by atoms with Gasteiger partial charge in [-0.25, -0.2) is 0 Å². The summed E-state index contributed by atoms with van der Waals surface area (Å²) in [4.78, 5) is 11.2. The van der Waals surface area contributed by atoms with Gasteiger partial charge in [-0.15, -0.1) is 0 Å². The molecular formula is C9H14N2O. The van der Waals surface area contributed by atoms with E-state index in [0.717, 1.165) is 5.56 Å². The van der Waals surface area contributed by atoms with Gasteiger partial charge in [0, 0.05) is 19.3 Å². The summed E-state index contributed by atoms with van der Waals surface area (Å²) in [6.45, 7) is 4.04. The molecule has 1 rings (SSSR count). The van der Waals surface area contributed by atoms with Gasteiger partial charge in [-0.1, -0.05) is 13.8 Å². The minimum atomic E-state index is -0.00657. The van der Waals surface area contributed by atoms with Crippen LogP contribution in [-0.4, -0.2) is 4.57 Å². The third-order valence-corrected chi connectivity index (χ3v) is 1.91. The number of rotatable bonds is 1. The molecule has 0 saturated heterocycles. The Kier molecular flexibility index (Phi) is 2.22. The number of hydrogen-bond donors (Lipinski definition) is 1. The average molecular weight is 166 g/mol. The molecule has 0 fully saturated rings. The summed E-state index contributed by atoms with van der Waals surface area (Å²) < 4.78 is 1.49. The van der Waals surface area contributed by atoms with Crippen LogP contribution in [0.1, 0.15) is 25.3 Å². The van der Waals surface area contributed by atoms with Crippen molar-refractivity contribution in [2.24, 2.45) is 7.05 Å². The number of pyridine rings is 1. The van der Waals surface area contributed by atoms with Crippen molar-refractivity contribution in [1.82, 2.24) is 4.57 Å². The molecule has 12 heavy (non-hydrogen) atoms. The van der Waals surface area contributed by atoms with E-state index >= 15 is 0 Å². The Bertz CT molecular complexity index is 339. The van der Waals surface area contributed by atoms with Crippen LogP contribution in [0.5, 0.6) is 0 Å². The highest BCUT2D eigenvalue weighted by Crippen LogP contribution is 2.18. The molecule has 3 heteroatoms. The van der Waals surface area contributed by atoms with Crippen LogP contribution in [0.25, 0.3) is 0 Å². The zero-order chi connectivity index (χ0) is 9.30. The number of nitrogens with two attached hydrogens (primary N) is 1. The molecule has 1 heterocycles. The lowest BCUT2D eigenvalue weighted by molar-refractivity contribution is 0.818. The number of aromatic nitrogens is 1. The Morgan fingerprint density at radius 2 is 2.08 bits per heavy atom. The monoisotopic (exact) mass is 166 g/mol. The number of anilines is 1. The quantitative estimate of drug-likeness (QED) is 0.679. The van der Waals surface area contributed by atoms with Gasteiger partial charge in [0.2, 0.25) is 0 Å². The second-order valence-corrected chi connectivity index (χ2v) is 3.29. The first-order chi connectivity index (χ1) is 5.52. The van der Waals surface area contributed by atoms with Gasteiger partial charge < -0.3 is 10.3 Å². The Morgan fingerprint density at radius 1 is 1.50 bits per heavy atom. The average Bonchev–Trinajstić information content (AvgIpc) is 1.96. The minimum Gasteiger partial charge on any atom is -0.397 e. The largest absolute Gasteiger partial charge is 0.397 e. The predicted octanol–water partition coefficient (Wildman–Crippen LogP) is 1.09. The van der Waals surface area contributed by atoms with Crippen LogP contribution in [0.15, 0.2) is 17.1 Å². The molecule has 3 nitrogen and oxygen atoms in total. The second-order valence-electron chi connectivity index (χ2n) is 3.29. The van der Waals surface area contributed by atoms with Gasteiger partial charge in [-0.2, -0.15) is 0 Å². The van der Waals surface area contributed by atoms with Crippen molar-refractivity contribution in [2.45, 2.75) is 19.8 Å². The molecule has 0 radical (unpaired) electrons. The predicted molar refractivity (Wildman–Crippen MR) is 50.2 cm³/mol. The molecule has 1 aromatic heterocycles. The number of aryl methyl sites for hydroxylation is 1. The third-order valence-electron chi connectivity index (χ3n) is 1.91. The zero-order valence-corrected chi connectivity index (χ0v) is 7.66. The maximum absolute atomic E-state index is 11.2. The smallest absolute Gasteiger partial charge is 0.250 e. The topological polar surface area (TPSA) is 48.0 Å². The van der Waals surface area contributed by atoms with Gasteiger partial charge in [-0.3, -0.25) is 4.79 Å². The summed E-state index contributed by atoms with van der Waals surface area (Å²) in [5, 5.41) is 0. The zero-order valence-electron chi connectivity index (χ0n) is 7.66. The van der Waals surface area contributed by atoms with Gasteiger partial charge in [0.15, 0.2) is 0 Å². The summed E-state index contributed by atoms with van der Waals surface area (Å²) in [6, 6.07) is 1.60. The van der Waals surface area contributed by atoms with Crippen LogP contribution in [-0.2, 0) is 7.05 Å². The van der Waals surface area contributed by atoms with E-state index in [1.807, 2.05) is 13.8 Å². The van der Waals surface area contributed by atoms with Crippen LogP contribution in [0.2, 0.25) is 0 Å². The standard InChI is InChI=1S/C9H14N2O/c1-6(2)7-4-9(12)11(3)5-8(7)10/h4-6H,10H2,1-3H3. The Hall–Kier alpha value is -1.25. The van der Waals surface area contributed by atoms with Crippen molar-refractivity contribution in [2.75, 3.05) is 5.73 Å². The van der Waals surface area contributed by atoms with Crippen LogP contribution in [0, 0.1) is 0 Å². The van der Waals surface area contributed by atoms with Crippen molar-refractivity contribution in [3.8, 4) is 0 Å². The van der Waals surface area contributed by atoms with Crippen molar-refractivity contribution in [1.29, 1.82) is 0 Å². The first-order valence-electron chi connectivity index (χ1n) is 3.98. The summed E-state index contributed by atoms with van der Waals surface area (Å²) in [5.41, 5.74) is 7.34. The lowest BCUT2D eigenvalue weighted by Gasteiger charge is -2.09. The molecule has 1 aromatic rings. The highest BCUT2D eigenvalue weighted by molar-refractivity contribution is 5.45. The molecule has 0 unspecified atom stereocenters. The molecule has 2 N–H and O–H groups in total.